The van der Waals surface area contributed by atoms with Gasteiger partial charge in [0.15, 0.2) is 17.3 Å². The van der Waals surface area contributed by atoms with Gasteiger partial charge in [0.05, 0.1) is 20.1 Å². The van der Waals surface area contributed by atoms with E-state index in [2.05, 4.69) is 4.74 Å². The SMILES string of the molecule is CCOC(=O)C(=O)CC(=O)/C=C/c1ccc(O)c(OC)c1. The fourth-order valence-electron chi connectivity index (χ4n) is 1.49. The fraction of sp³-hybridized carbons (Fsp3) is 0.267. The van der Waals surface area contributed by atoms with E-state index in [1.807, 2.05) is 0 Å². The van der Waals surface area contributed by atoms with Crippen LogP contribution in [0.15, 0.2) is 24.3 Å². The molecule has 0 aliphatic carbocycles. The van der Waals surface area contributed by atoms with Crippen LogP contribution in [-0.4, -0.2) is 36.4 Å². The number of esters is 1. The smallest absolute Gasteiger partial charge is 0.375 e. The summed E-state index contributed by atoms with van der Waals surface area (Å²) >= 11 is 0. The van der Waals surface area contributed by atoms with Crippen molar-refractivity contribution in [1.29, 1.82) is 0 Å². The first-order valence-corrected chi connectivity index (χ1v) is 6.25. The molecule has 0 amide bonds. The summed E-state index contributed by atoms with van der Waals surface area (Å²) in [5.74, 6) is -2.15. The molecular weight excluding hydrogens is 276 g/mol. The van der Waals surface area contributed by atoms with Crippen molar-refractivity contribution in [2.75, 3.05) is 13.7 Å². The van der Waals surface area contributed by atoms with Gasteiger partial charge >= 0.3 is 5.97 Å². The van der Waals surface area contributed by atoms with Crippen LogP contribution in [0.3, 0.4) is 0 Å². The van der Waals surface area contributed by atoms with Crippen LogP contribution in [0.25, 0.3) is 6.08 Å². The van der Waals surface area contributed by atoms with E-state index in [1.54, 1.807) is 13.0 Å². The Kier molecular flexibility index (Phi) is 6.13. The molecule has 1 aromatic rings. The molecule has 0 aliphatic heterocycles. The number of methoxy groups -OCH3 is 1. The van der Waals surface area contributed by atoms with Crippen molar-refractivity contribution >= 4 is 23.6 Å². The highest BCUT2D eigenvalue weighted by Crippen LogP contribution is 2.26. The van der Waals surface area contributed by atoms with Gasteiger partial charge in [-0.2, -0.15) is 0 Å². The molecule has 6 nitrogen and oxygen atoms in total. The van der Waals surface area contributed by atoms with Crippen molar-refractivity contribution in [3.63, 3.8) is 0 Å². The Balaban J connectivity index is 2.66. The molecule has 0 aromatic heterocycles. The van der Waals surface area contributed by atoms with Crippen LogP contribution in [0.2, 0.25) is 0 Å². The van der Waals surface area contributed by atoms with Crippen molar-refractivity contribution in [2.24, 2.45) is 0 Å². The Morgan fingerprint density at radius 3 is 2.62 bits per heavy atom. The van der Waals surface area contributed by atoms with Gasteiger partial charge in [-0.25, -0.2) is 4.79 Å². The van der Waals surface area contributed by atoms with Gasteiger partial charge in [-0.1, -0.05) is 12.1 Å². The lowest BCUT2D eigenvalue weighted by atomic mass is 10.1. The van der Waals surface area contributed by atoms with Gasteiger partial charge in [0.25, 0.3) is 0 Å². The quantitative estimate of drug-likeness (QED) is 0.354. The minimum absolute atomic E-state index is 0.0153. The van der Waals surface area contributed by atoms with Crippen LogP contribution in [0, 0.1) is 0 Å². The number of ketones is 2. The fourth-order valence-corrected chi connectivity index (χ4v) is 1.49. The van der Waals surface area contributed by atoms with Gasteiger partial charge in [0, 0.05) is 0 Å². The van der Waals surface area contributed by atoms with Crippen molar-refractivity contribution in [1.82, 2.24) is 0 Å². The predicted octanol–water partition coefficient (Wildman–Crippen LogP) is 1.51. The molecule has 0 aliphatic rings. The first-order valence-electron chi connectivity index (χ1n) is 6.25. The Labute approximate surface area is 122 Å². The Morgan fingerprint density at radius 2 is 2.00 bits per heavy atom. The zero-order valence-electron chi connectivity index (χ0n) is 11.8. The molecule has 0 spiro atoms. The zero-order chi connectivity index (χ0) is 15.8. The van der Waals surface area contributed by atoms with Crippen LogP contribution < -0.4 is 4.74 Å². The van der Waals surface area contributed by atoms with Crippen LogP contribution in [0.5, 0.6) is 11.5 Å². The lowest BCUT2D eigenvalue weighted by Crippen LogP contribution is -2.19. The number of hydrogen-bond acceptors (Lipinski definition) is 6. The minimum Gasteiger partial charge on any atom is -0.504 e. The van der Waals surface area contributed by atoms with E-state index in [1.165, 1.54) is 31.4 Å². The molecule has 112 valence electrons. The molecule has 0 radical (unpaired) electrons. The maximum Gasteiger partial charge on any atom is 0.375 e. The number of ether oxygens (including phenoxy) is 2. The second kappa shape index (κ2) is 7.84. The largest absolute Gasteiger partial charge is 0.504 e. The van der Waals surface area contributed by atoms with E-state index < -0.39 is 24.0 Å². The Morgan fingerprint density at radius 1 is 1.29 bits per heavy atom. The molecule has 0 unspecified atom stereocenters. The van der Waals surface area contributed by atoms with E-state index in [9.17, 15) is 19.5 Å². The summed E-state index contributed by atoms with van der Waals surface area (Å²) in [5.41, 5.74) is 0.613. The maximum absolute atomic E-state index is 11.6. The number of hydrogen-bond donors (Lipinski definition) is 1. The first-order chi connectivity index (χ1) is 9.97. The van der Waals surface area contributed by atoms with Crippen molar-refractivity contribution in [3.05, 3.63) is 29.8 Å². The Hall–Kier alpha value is -2.63. The van der Waals surface area contributed by atoms with Crippen molar-refractivity contribution in [2.45, 2.75) is 13.3 Å². The van der Waals surface area contributed by atoms with Crippen LogP contribution >= 0.6 is 0 Å². The van der Waals surface area contributed by atoms with Gasteiger partial charge in [0.2, 0.25) is 5.78 Å². The van der Waals surface area contributed by atoms with E-state index in [4.69, 9.17) is 4.74 Å². The molecule has 0 fully saturated rings. The highest BCUT2D eigenvalue weighted by atomic mass is 16.5. The molecule has 0 saturated carbocycles. The van der Waals surface area contributed by atoms with Crippen LogP contribution in [0.4, 0.5) is 0 Å². The highest BCUT2D eigenvalue weighted by Gasteiger charge is 2.17. The number of benzene rings is 1. The second-order valence-corrected chi connectivity index (χ2v) is 4.05. The van der Waals surface area contributed by atoms with Crippen LogP contribution in [0.1, 0.15) is 18.9 Å². The van der Waals surface area contributed by atoms with Crippen molar-refractivity contribution < 1.29 is 29.0 Å². The Bertz CT molecular complexity index is 574. The predicted molar refractivity (Wildman–Crippen MR) is 75.0 cm³/mol. The van der Waals surface area contributed by atoms with E-state index in [0.717, 1.165) is 0 Å². The zero-order valence-corrected chi connectivity index (χ0v) is 11.8. The number of carbonyl (C=O) groups is 3. The first kappa shape index (κ1) is 16.4. The minimum atomic E-state index is -1.01. The van der Waals surface area contributed by atoms with Gasteiger partial charge in [-0.15, -0.1) is 0 Å². The number of aromatic hydroxyl groups is 1. The second-order valence-electron chi connectivity index (χ2n) is 4.05. The molecule has 1 N–H and O–H groups in total. The van der Waals surface area contributed by atoms with E-state index in [-0.39, 0.29) is 18.1 Å². The molecule has 0 heterocycles. The normalized spacial score (nSPS) is 10.4. The van der Waals surface area contributed by atoms with E-state index >= 15 is 0 Å². The number of rotatable bonds is 7. The number of phenols is 1. The summed E-state index contributed by atoms with van der Waals surface area (Å²) in [6.07, 6.45) is 2.11. The summed E-state index contributed by atoms with van der Waals surface area (Å²) in [4.78, 5) is 34.0. The van der Waals surface area contributed by atoms with Gasteiger partial charge in [-0.3, -0.25) is 9.59 Å². The summed E-state index contributed by atoms with van der Waals surface area (Å²) < 4.78 is 9.43. The molecule has 6 heteroatoms. The standard InChI is InChI=1S/C15H16O6/c1-3-21-15(19)13(18)9-11(16)6-4-10-5-7-12(17)14(8-10)20-2/h4-8,17H,3,9H2,1-2H3/b6-4+. The van der Waals surface area contributed by atoms with E-state index in [0.29, 0.717) is 5.56 Å². The number of phenolic OH excluding ortho intramolecular Hbond substituents is 1. The maximum atomic E-state index is 11.6. The monoisotopic (exact) mass is 292 g/mol. The molecule has 0 saturated heterocycles. The number of allylic oxidation sites excluding steroid dienone is 1. The van der Waals surface area contributed by atoms with Crippen molar-refractivity contribution in [3.8, 4) is 11.5 Å². The molecule has 21 heavy (non-hydrogen) atoms. The highest BCUT2D eigenvalue weighted by molar-refractivity contribution is 6.37. The third-order valence-electron chi connectivity index (χ3n) is 2.50. The van der Waals surface area contributed by atoms with Gasteiger partial charge < -0.3 is 14.6 Å². The summed E-state index contributed by atoms with van der Waals surface area (Å²) in [7, 11) is 1.41. The van der Waals surface area contributed by atoms with Gasteiger partial charge in [0.1, 0.15) is 0 Å². The molecule has 0 bridgehead atoms. The molecule has 1 aromatic carbocycles. The number of Topliss-reactive ketones (excluding diaryl/α,β-unsaturated/α-hetero) is 1. The number of carbonyl (C=O) groups excluding carboxylic acids is 3. The average molecular weight is 292 g/mol. The summed E-state index contributed by atoms with van der Waals surface area (Å²) in [5, 5.41) is 9.43. The summed E-state index contributed by atoms with van der Waals surface area (Å²) in [6, 6.07) is 4.54. The molecule has 1 rings (SSSR count). The van der Waals surface area contributed by atoms with Crippen LogP contribution in [-0.2, 0) is 19.1 Å². The topological polar surface area (TPSA) is 89.9 Å². The molecular formula is C15H16O6. The van der Waals surface area contributed by atoms with Gasteiger partial charge in [-0.05, 0) is 30.7 Å². The lowest BCUT2D eigenvalue weighted by molar-refractivity contribution is -0.154. The lowest BCUT2D eigenvalue weighted by Gasteiger charge is -2.03. The molecule has 0 atom stereocenters. The summed E-state index contributed by atoms with van der Waals surface area (Å²) in [6.45, 7) is 1.66. The average Bonchev–Trinajstić information content (AvgIpc) is 2.46. The third kappa shape index (κ3) is 5.10. The third-order valence-corrected chi connectivity index (χ3v) is 2.50.